The van der Waals surface area contributed by atoms with Gasteiger partial charge in [0.1, 0.15) is 0 Å². The van der Waals surface area contributed by atoms with Crippen molar-refractivity contribution in [2.24, 2.45) is 5.92 Å². The number of amides is 2. The summed E-state index contributed by atoms with van der Waals surface area (Å²) in [5.41, 5.74) is 4.57. The maximum Gasteiger partial charge on any atom is 0.239 e. The van der Waals surface area contributed by atoms with E-state index in [0.717, 1.165) is 48.9 Å². The lowest BCUT2D eigenvalue weighted by Crippen LogP contribution is -2.38. The first-order valence-corrected chi connectivity index (χ1v) is 10.4. The molecule has 5 heteroatoms. The molecule has 0 unspecified atom stereocenters. The molecule has 0 aliphatic heterocycles. The van der Waals surface area contributed by atoms with Gasteiger partial charge >= 0.3 is 0 Å². The SMILES string of the molecule is CN(C)Cc1ccc(-c2ccccc2CNC(=O)CNC(=O)C2CCCC2)cc1. The molecule has 0 spiro atoms. The molecular weight excluding hydrogens is 362 g/mol. The number of nitrogens with one attached hydrogen (secondary N) is 2. The van der Waals surface area contributed by atoms with Crippen LogP contribution in [0.4, 0.5) is 0 Å². The second kappa shape index (κ2) is 10.2. The molecule has 2 aromatic rings. The summed E-state index contributed by atoms with van der Waals surface area (Å²) in [4.78, 5) is 26.4. The number of hydrogen-bond acceptors (Lipinski definition) is 3. The molecule has 154 valence electrons. The zero-order chi connectivity index (χ0) is 20.6. The Balaban J connectivity index is 1.56. The van der Waals surface area contributed by atoms with Crippen LogP contribution in [0.15, 0.2) is 48.5 Å². The Labute approximate surface area is 173 Å². The number of nitrogens with zero attached hydrogens (tertiary/aromatic N) is 1. The highest BCUT2D eigenvalue weighted by atomic mass is 16.2. The predicted molar refractivity (Wildman–Crippen MR) is 116 cm³/mol. The van der Waals surface area contributed by atoms with Gasteiger partial charge in [0.05, 0.1) is 6.54 Å². The number of hydrogen-bond donors (Lipinski definition) is 2. The third-order valence-corrected chi connectivity index (χ3v) is 5.41. The summed E-state index contributed by atoms with van der Waals surface area (Å²) < 4.78 is 0. The molecule has 0 saturated heterocycles. The fourth-order valence-electron chi connectivity index (χ4n) is 3.87. The number of rotatable bonds is 8. The largest absolute Gasteiger partial charge is 0.350 e. The summed E-state index contributed by atoms with van der Waals surface area (Å²) in [7, 11) is 4.12. The van der Waals surface area contributed by atoms with Crippen LogP contribution < -0.4 is 10.6 Å². The maximum absolute atomic E-state index is 12.2. The van der Waals surface area contributed by atoms with Crippen LogP contribution in [-0.4, -0.2) is 37.4 Å². The molecule has 5 nitrogen and oxygen atoms in total. The Morgan fingerprint density at radius 1 is 0.966 bits per heavy atom. The first-order valence-electron chi connectivity index (χ1n) is 10.4. The Morgan fingerprint density at radius 2 is 1.66 bits per heavy atom. The van der Waals surface area contributed by atoms with Gasteiger partial charge in [-0.1, -0.05) is 61.4 Å². The lowest BCUT2D eigenvalue weighted by atomic mass is 9.98. The van der Waals surface area contributed by atoms with Gasteiger partial charge < -0.3 is 15.5 Å². The highest BCUT2D eigenvalue weighted by Crippen LogP contribution is 2.25. The Kier molecular flexibility index (Phi) is 7.42. The number of carbonyl (C=O) groups is 2. The molecule has 29 heavy (non-hydrogen) atoms. The molecule has 0 atom stereocenters. The van der Waals surface area contributed by atoms with Gasteiger partial charge in [-0.25, -0.2) is 0 Å². The monoisotopic (exact) mass is 393 g/mol. The molecule has 1 saturated carbocycles. The molecular formula is C24H31N3O2. The predicted octanol–water partition coefficient (Wildman–Crippen LogP) is 3.34. The van der Waals surface area contributed by atoms with Crippen LogP contribution in [0.5, 0.6) is 0 Å². The molecule has 0 bridgehead atoms. The quantitative estimate of drug-likeness (QED) is 0.723. The van der Waals surface area contributed by atoms with Crippen LogP contribution in [0, 0.1) is 5.92 Å². The number of carbonyl (C=O) groups excluding carboxylic acids is 2. The van der Waals surface area contributed by atoms with Gasteiger partial charge in [-0.2, -0.15) is 0 Å². The van der Waals surface area contributed by atoms with Gasteiger partial charge in [-0.3, -0.25) is 9.59 Å². The van der Waals surface area contributed by atoms with Gasteiger partial charge in [-0.05, 0) is 49.2 Å². The van der Waals surface area contributed by atoms with E-state index in [2.05, 4.69) is 60.0 Å². The Hall–Kier alpha value is -2.66. The molecule has 2 aromatic carbocycles. The molecule has 1 aliphatic rings. The van der Waals surface area contributed by atoms with Crippen LogP contribution in [0.25, 0.3) is 11.1 Å². The first-order chi connectivity index (χ1) is 14.0. The van der Waals surface area contributed by atoms with Crippen molar-refractivity contribution in [1.29, 1.82) is 0 Å². The summed E-state index contributed by atoms with van der Waals surface area (Å²) in [6.45, 7) is 1.38. The molecule has 2 N–H and O–H groups in total. The Bertz CT molecular complexity index is 824. The van der Waals surface area contributed by atoms with Gasteiger partial charge in [0.25, 0.3) is 0 Å². The van der Waals surface area contributed by atoms with Crippen molar-refractivity contribution in [2.45, 2.75) is 38.8 Å². The summed E-state index contributed by atoms with van der Waals surface area (Å²) in [6, 6.07) is 16.6. The smallest absolute Gasteiger partial charge is 0.239 e. The lowest BCUT2D eigenvalue weighted by molar-refractivity contribution is -0.128. The van der Waals surface area contributed by atoms with Crippen LogP contribution >= 0.6 is 0 Å². The Morgan fingerprint density at radius 3 is 2.34 bits per heavy atom. The average Bonchev–Trinajstić information content (AvgIpc) is 3.26. The van der Waals surface area contributed by atoms with Crippen LogP contribution in [0.2, 0.25) is 0 Å². The second-order valence-corrected chi connectivity index (χ2v) is 8.07. The van der Waals surface area contributed by atoms with E-state index in [1.165, 1.54) is 5.56 Å². The molecule has 1 fully saturated rings. The van der Waals surface area contributed by atoms with Gasteiger partial charge in [0, 0.05) is 19.0 Å². The van der Waals surface area contributed by atoms with E-state index < -0.39 is 0 Å². The van der Waals surface area contributed by atoms with E-state index in [-0.39, 0.29) is 24.3 Å². The summed E-state index contributed by atoms with van der Waals surface area (Å²) >= 11 is 0. The maximum atomic E-state index is 12.2. The summed E-state index contributed by atoms with van der Waals surface area (Å²) in [5, 5.41) is 5.71. The average molecular weight is 394 g/mol. The fourth-order valence-corrected chi connectivity index (χ4v) is 3.87. The van der Waals surface area contributed by atoms with Crippen molar-refractivity contribution in [3.63, 3.8) is 0 Å². The minimum atomic E-state index is -0.160. The lowest BCUT2D eigenvalue weighted by Gasteiger charge is -2.14. The first kappa shape index (κ1) is 21.1. The van der Waals surface area contributed by atoms with E-state index in [1.807, 2.05) is 18.2 Å². The van der Waals surface area contributed by atoms with Crippen molar-refractivity contribution < 1.29 is 9.59 Å². The minimum Gasteiger partial charge on any atom is -0.350 e. The van der Waals surface area contributed by atoms with E-state index in [4.69, 9.17) is 0 Å². The summed E-state index contributed by atoms with van der Waals surface area (Å²) in [5.74, 6) is -0.0673. The minimum absolute atomic E-state index is 0.0101. The van der Waals surface area contributed by atoms with E-state index in [9.17, 15) is 9.59 Å². The molecule has 0 heterocycles. The molecule has 2 amide bonds. The zero-order valence-electron chi connectivity index (χ0n) is 17.4. The molecule has 1 aliphatic carbocycles. The normalized spacial score (nSPS) is 14.2. The molecule has 0 radical (unpaired) electrons. The highest BCUT2D eigenvalue weighted by molar-refractivity contribution is 5.86. The topological polar surface area (TPSA) is 61.4 Å². The van der Waals surface area contributed by atoms with Crippen molar-refractivity contribution in [2.75, 3.05) is 20.6 Å². The zero-order valence-corrected chi connectivity index (χ0v) is 17.4. The fraction of sp³-hybridized carbons (Fsp3) is 0.417. The molecule has 3 rings (SSSR count). The standard InChI is InChI=1S/C24H31N3O2/c1-27(2)17-18-11-13-19(14-12-18)22-10-6-5-9-21(22)15-25-23(28)16-26-24(29)20-7-3-4-8-20/h5-6,9-14,20H,3-4,7-8,15-17H2,1-2H3,(H,25,28)(H,26,29). The molecule has 0 aromatic heterocycles. The van der Waals surface area contributed by atoms with Crippen molar-refractivity contribution in [3.8, 4) is 11.1 Å². The van der Waals surface area contributed by atoms with Gasteiger partial charge in [0.2, 0.25) is 11.8 Å². The third-order valence-electron chi connectivity index (χ3n) is 5.41. The van der Waals surface area contributed by atoms with E-state index >= 15 is 0 Å². The van der Waals surface area contributed by atoms with Crippen LogP contribution in [0.3, 0.4) is 0 Å². The van der Waals surface area contributed by atoms with E-state index in [0.29, 0.717) is 6.54 Å². The van der Waals surface area contributed by atoms with Gasteiger partial charge in [-0.15, -0.1) is 0 Å². The summed E-state index contributed by atoms with van der Waals surface area (Å²) in [6.07, 6.45) is 4.09. The third kappa shape index (κ3) is 6.16. The van der Waals surface area contributed by atoms with Crippen molar-refractivity contribution in [1.82, 2.24) is 15.5 Å². The van der Waals surface area contributed by atoms with Crippen molar-refractivity contribution >= 4 is 11.8 Å². The van der Waals surface area contributed by atoms with Gasteiger partial charge in [0.15, 0.2) is 0 Å². The number of benzene rings is 2. The van der Waals surface area contributed by atoms with Crippen LogP contribution in [-0.2, 0) is 22.7 Å². The van der Waals surface area contributed by atoms with Crippen molar-refractivity contribution in [3.05, 3.63) is 59.7 Å². The van der Waals surface area contributed by atoms with E-state index in [1.54, 1.807) is 0 Å². The highest BCUT2D eigenvalue weighted by Gasteiger charge is 2.22. The second-order valence-electron chi connectivity index (χ2n) is 8.07. The van der Waals surface area contributed by atoms with Crippen LogP contribution in [0.1, 0.15) is 36.8 Å².